The van der Waals surface area contributed by atoms with E-state index in [1.807, 2.05) is 49.6 Å². The van der Waals surface area contributed by atoms with E-state index in [1.54, 1.807) is 19.1 Å². The molecule has 9 heteroatoms. The standard InChI is InChI=1S/C24H28N4O4S/c1-5-28-19-11-10-17(23(31)32-6-2)12-18(19)26-24(28)33-14-21(30)25-13-20(29)27-22-15(3)8-7-9-16(22)4/h7-12H,5-6,13-14H2,1-4H3,(H,25,30)(H,27,29). The van der Waals surface area contributed by atoms with Gasteiger partial charge in [-0.3, -0.25) is 9.59 Å². The molecule has 0 fully saturated rings. The molecule has 174 valence electrons. The lowest BCUT2D eigenvalue weighted by atomic mass is 10.1. The third kappa shape index (κ3) is 5.92. The van der Waals surface area contributed by atoms with Crippen molar-refractivity contribution in [2.24, 2.45) is 0 Å². The Morgan fingerprint density at radius 3 is 2.45 bits per heavy atom. The number of rotatable bonds is 9. The summed E-state index contributed by atoms with van der Waals surface area (Å²) in [6, 6.07) is 11.0. The molecule has 0 saturated heterocycles. The van der Waals surface area contributed by atoms with Gasteiger partial charge in [-0.25, -0.2) is 9.78 Å². The summed E-state index contributed by atoms with van der Waals surface area (Å²) in [6.07, 6.45) is 0. The number of nitrogens with zero attached hydrogens (tertiary/aromatic N) is 2. The lowest BCUT2D eigenvalue weighted by Crippen LogP contribution is -2.34. The summed E-state index contributed by atoms with van der Waals surface area (Å²) in [4.78, 5) is 41.2. The van der Waals surface area contributed by atoms with E-state index >= 15 is 0 Å². The fraction of sp³-hybridized carbons (Fsp3) is 0.333. The average Bonchev–Trinajstić information content (AvgIpc) is 3.15. The van der Waals surface area contributed by atoms with Gasteiger partial charge in [0.1, 0.15) is 0 Å². The molecule has 33 heavy (non-hydrogen) atoms. The van der Waals surface area contributed by atoms with E-state index in [-0.39, 0.29) is 24.1 Å². The molecule has 0 unspecified atom stereocenters. The smallest absolute Gasteiger partial charge is 0.338 e. The van der Waals surface area contributed by atoms with Crippen molar-refractivity contribution >= 4 is 46.3 Å². The number of amides is 2. The molecule has 1 aromatic heterocycles. The Labute approximate surface area is 197 Å². The van der Waals surface area contributed by atoms with Crippen LogP contribution in [0.15, 0.2) is 41.6 Å². The van der Waals surface area contributed by atoms with Crippen LogP contribution in [0, 0.1) is 13.8 Å². The van der Waals surface area contributed by atoms with Crippen LogP contribution < -0.4 is 10.6 Å². The molecule has 0 aliphatic heterocycles. The molecule has 3 aromatic rings. The van der Waals surface area contributed by atoms with E-state index in [1.165, 1.54) is 11.8 Å². The molecule has 8 nitrogen and oxygen atoms in total. The molecule has 0 atom stereocenters. The van der Waals surface area contributed by atoms with E-state index in [0.717, 1.165) is 22.3 Å². The molecule has 0 saturated carbocycles. The van der Waals surface area contributed by atoms with Crippen LogP contribution in [-0.2, 0) is 20.9 Å². The quantitative estimate of drug-likeness (QED) is 0.367. The third-order valence-electron chi connectivity index (χ3n) is 5.06. The van der Waals surface area contributed by atoms with Crippen LogP contribution >= 0.6 is 11.8 Å². The van der Waals surface area contributed by atoms with Gasteiger partial charge in [-0.2, -0.15) is 0 Å². The monoisotopic (exact) mass is 468 g/mol. The van der Waals surface area contributed by atoms with Crippen molar-refractivity contribution in [1.82, 2.24) is 14.9 Å². The highest BCUT2D eigenvalue weighted by Crippen LogP contribution is 2.25. The minimum absolute atomic E-state index is 0.111. The van der Waals surface area contributed by atoms with E-state index in [9.17, 15) is 14.4 Å². The predicted octanol–water partition coefficient (Wildman–Crippen LogP) is 3.70. The van der Waals surface area contributed by atoms with Crippen LogP contribution in [-0.4, -0.2) is 46.2 Å². The first-order chi connectivity index (χ1) is 15.8. The number of carbonyl (C=O) groups is 3. The average molecular weight is 469 g/mol. The van der Waals surface area contributed by atoms with E-state index < -0.39 is 5.97 Å². The van der Waals surface area contributed by atoms with Crippen LogP contribution in [0.1, 0.15) is 35.3 Å². The van der Waals surface area contributed by atoms with Crippen molar-refractivity contribution < 1.29 is 19.1 Å². The van der Waals surface area contributed by atoms with E-state index in [2.05, 4.69) is 15.6 Å². The number of nitrogens with one attached hydrogen (secondary N) is 2. The predicted molar refractivity (Wildman–Crippen MR) is 130 cm³/mol. The van der Waals surface area contributed by atoms with Crippen LogP contribution in [0.3, 0.4) is 0 Å². The molecule has 0 aliphatic rings. The van der Waals surface area contributed by atoms with Crippen molar-refractivity contribution in [3.05, 3.63) is 53.1 Å². The molecule has 1 heterocycles. The van der Waals surface area contributed by atoms with Gasteiger partial charge >= 0.3 is 5.97 Å². The van der Waals surface area contributed by atoms with Gasteiger partial charge in [0.2, 0.25) is 11.8 Å². The summed E-state index contributed by atoms with van der Waals surface area (Å²) in [7, 11) is 0. The number of anilines is 1. The Hall–Kier alpha value is -3.33. The normalized spacial score (nSPS) is 10.8. The number of aromatic nitrogens is 2. The largest absolute Gasteiger partial charge is 0.462 e. The lowest BCUT2D eigenvalue weighted by molar-refractivity contribution is -0.122. The molecular formula is C24H28N4O4S. The zero-order valence-electron chi connectivity index (χ0n) is 19.2. The van der Waals surface area contributed by atoms with Crippen LogP contribution in [0.25, 0.3) is 11.0 Å². The molecule has 3 rings (SSSR count). The fourth-order valence-corrected chi connectivity index (χ4v) is 4.33. The first kappa shape index (κ1) is 24.3. The second-order valence-corrected chi connectivity index (χ2v) is 8.39. The summed E-state index contributed by atoms with van der Waals surface area (Å²) in [5.41, 5.74) is 4.68. The van der Waals surface area contributed by atoms with Crippen LogP contribution in [0.2, 0.25) is 0 Å². The number of imidazole rings is 1. The van der Waals surface area contributed by atoms with Crippen LogP contribution in [0.5, 0.6) is 0 Å². The fourth-order valence-electron chi connectivity index (χ4n) is 3.42. The van der Waals surface area contributed by atoms with Crippen molar-refractivity contribution in [3.63, 3.8) is 0 Å². The molecule has 2 amide bonds. The maximum absolute atomic E-state index is 12.3. The Bertz CT molecular complexity index is 1170. The first-order valence-electron chi connectivity index (χ1n) is 10.8. The van der Waals surface area contributed by atoms with Crippen molar-refractivity contribution in [2.45, 2.75) is 39.4 Å². The molecule has 0 radical (unpaired) electrons. The highest BCUT2D eigenvalue weighted by molar-refractivity contribution is 7.99. The Morgan fingerprint density at radius 2 is 1.79 bits per heavy atom. The van der Waals surface area contributed by atoms with Gasteiger partial charge in [0.05, 0.1) is 35.5 Å². The number of aryl methyl sites for hydroxylation is 3. The highest BCUT2D eigenvalue weighted by Gasteiger charge is 2.15. The first-order valence-corrected chi connectivity index (χ1v) is 11.8. The minimum Gasteiger partial charge on any atom is -0.462 e. The topological polar surface area (TPSA) is 102 Å². The number of hydrogen-bond donors (Lipinski definition) is 2. The van der Waals surface area contributed by atoms with E-state index in [4.69, 9.17) is 4.74 Å². The van der Waals surface area contributed by atoms with Gasteiger partial charge in [-0.1, -0.05) is 30.0 Å². The van der Waals surface area contributed by atoms with Gasteiger partial charge in [-0.15, -0.1) is 0 Å². The maximum atomic E-state index is 12.3. The minimum atomic E-state index is -0.391. The van der Waals surface area contributed by atoms with E-state index in [0.29, 0.717) is 29.4 Å². The summed E-state index contributed by atoms with van der Waals surface area (Å²) in [5.74, 6) is -0.820. The van der Waals surface area contributed by atoms with Gasteiger partial charge in [-0.05, 0) is 57.0 Å². The Balaban J connectivity index is 1.59. The highest BCUT2D eigenvalue weighted by atomic mass is 32.2. The van der Waals surface area contributed by atoms with Crippen molar-refractivity contribution in [3.8, 4) is 0 Å². The molecule has 2 aromatic carbocycles. The Morgan fingerprint density at radius 1 is 1.06 bits per heavy atom. The van der Waals surface area contributed by atoms with Gasteiger partial charge in [0.15, 0.2) is 5.16 Å². The number of para-hydroxylation sites is 1. The number of hydrogen-bond acceptors (Lipinski definition) is 6. The number of benzene rings is 2. The molecule has 2 N–H and O–H groups in total. The number of carbonyl (C=O) groups excluding carboxylic acids is 3. The number of esters is 1. The summed E-state index contributed by atoms with van der Waals surface area (Å²) >= 11 is 1.28. The van der Waals surface area contributed by atoms with Gasteiger partial charge in [0.25, 0.3) is 0 Å². The van der Waals surface area contributed by atoms with Gasteiger partial charge in [0, 0.05) is 12.2 Å². The number of thioether (sulfide) groups is 1. The Kier molecular flexibility index (Phi) is 8.11. The maximum Gasteiger partial charge on any atom is 0.338 e. The third-order valence-corrected chi connectivity index (χ3v) is 6.04. The van der Waals surface area contributed by atoms with Crippen LogP contribution in [0.4, 0.5) is 5.69 Å². The molecule has 0 spiro atoms. The van der Waals surface area contributed by atoms with Crippen molar-refractivity contribution in [2.75, 3.05) is 24.2 Å². The zero-order chi connectivity index (χ0) is 24.0. The molecular weight excluding hydrogens is 440 g/mol. The SMILES string of the molecule is CCOC(=O)c1ccc2c(c1)nc(SCC(=O)NCC(=O)Nc1c(C)cccc1C)n2CC. The molecule has 0 bridgehead atoms. The number of ether oxygens (including phenoxy) is 1. The summed E-state index contributed by atoms with van der Waals surface area (Å²) in [6.45, 7) is 8.45. The van der Waals surface area contributed by atoms with Gasteiger partial charge < -0.3 is 19.9 Å². The number of fused-ring (bicyclic) bond motifs is 1. The van der Waals surface area contributed by atoms with Crippen molar-refractivity contribution in [1.29, 1.82) is 0 Å². The second kappa shape index (κ2) is 11.0. The lowest BCUT2D eigenvalue weighted by Gasteiger charge is -2.12. The second-order valence-electron chi connectivity index (χ2n) is 7.44. The summed E-state index contributed by atoms with van der Waals surface area (Å²) < 4.78 is 7.03. The molecule has 0 aliphatic carbocycles. The zero-order valence-corrected chi connectivity index (χ0v) is 20.0. The summed E-state index contributed by atoms with van der Waals surface area (Å²) in [5, 5.41) is 6.17.